The maximum Gasteiger partial charge on any atom is 0.407 e. The van der Waals surface area contributed by atoms with Gasteiger partial charge in [0.1, 0.15) is 6.61 Å². The quantitative estimate of drug-likeness (QED) is 0.0880. The molecule has 1 rings (SSSR count). The fourth-order valence-electron chi connectivity index (χ4n) is 8.96. The number of nitrogens with one attached hydrogen (secondary N) is 1. The van der Waals surface area contributed by atoms with E-state index in [-0.39, 0.29) is 19.6 Å². The molecule has 124 heavy (non-hydrogen) atoms. The summed E-state index contributed by atoms with van der Waals surface area (Å²) in [6.45, 7) is 33.8. The number of carbonyl (C=O) groups is 2. The predicted octanol–water partition coefficient (Wildman–Crippen LogP) is 1.99. The van der Waals surface area contributed by atoms with Gasteiger partial charge < -0.3 is 186 Å². The molecule has 41 heteroatoms. The molecule has 0 aliphatic carbocycles. The van der Waals surface area contributed by atoms with E-state index in [1.807, 2.05) is 30.3 Å². The molecule has 0 bridgehead atoms. The van der Waals surface area contributed by atoms with Crippen LogP contribution in [0.1, 0.15) is 12.0 Å². The van der Waals surface area contributed by atoms with Crippen LogP contribution < -0.4 is 5.32 Å². The summed E-state index contributed by atoms with van der Waals surface area (Å²) in [4.78, 5) is 22.1. The van der Waals surface area contributed by atoms with Crippen LogP contribution in [-0.2, 0) is 187 Å². The summed E-state index contributed by atoms with van der Waals surface area (Å²) in [5, 5.41) is 11.2. The number of benzene rings is 1. The number of hydrogen-bond donors (Lipinski definition) is 2. The third-order valence-electron chi connectivity index (χ3n) is 15.2. The van der Waals surface area contributed by atoms with E-state index in [0.29, 0.717) is 476 Å². The number of aliphatic carboxylic acids is 1. The zero-order chi connectivity index (χ0) is 88.2. The number of carbonyl (C=O) groups excluding carboxylic acids is 1. The molecular weight excluding hydrogens is 1650 g/mol. The molecule has 1 amide bonds. The van der Waals surface area contributed by atoms with Gasteiger partial charge in [-0.15, -0.1) is 0 Å². The lowest BCUT2D eigenvalue weighted by Gasteiger charge is -2.09. The molecule has 2 N–H and O–H groups in total. The van der Waals surface area contributed by atoms with Crippen LogP contribution in [-0.4, -0.2) is 499 Å². The van der Waals surface area contributed by atoms with Gasteiger partial charge in [-0.2, -0.15) is 0 Å². The first kappa shape index (κ1) is 119. The zero-order valence-electron chi connectivity index (χ0n) is 74.3. The minimum absolute atomic E-state index is 0.0131. The molecule has 0 spiro atoms. The van der Waals surface area contributed by atoms with Crippen LogP contribution in [0.5, 0.6) is 0 Å². The normalized spacial score (nSPS) is 11.7. The summed E-state index contributed by atoms with van der Waals surface area (Å²) in [7, 11) is 0. The topological polar surface area (TPSA) is 408 Å². The van der Waals surface area contributed by atoms with Crippen molar-refractivity contribution in [2.45, 2.75) is 13.0 Å². The van der Waals surface area contributed by atoms with Gasteiger partial charge in [0.2, 0.25) is 0 Å². The molecule has 0 atom stereocenters. The van der Waals surface area contributed by atoms with Crippen LogP contribution in [0.2, 0.25) is 0 Å². The van der Waals surface area contributed by atoms with Crippen LogP contribution in [0.4, 0.5) is 4.79 Å². The number of hydrogen-bond acceptors (Lipinski definition) is 39. The third kappa shape index (κ3) is 107. The Labute approximate surface area is 735 Å². The van der Waals surface area contributed by atoms with E-state index in [2.05, 4.69) is 5.32 Å². The molecule has 0 unspecified atom stereocenters. The summed E-state index contributed by atoms with van der Waals surface area (Å²) in [6, 6.07) is 9.49. The Morgan fingerprint density at radius 3 is 0.427 bits per heavy atom. The Morgan fingerprint density at radius 1 is 0.177 bits per heavy atom. The van der Waals surface area contributed by atoms with Crippen molar-refractivity contribution in [2.75, 3.05) is 482 Å². The van der Waals surface area contributed by atoms with Gasteiger partial charge in [-0.05, 0) is 5.56 Å². The van der Waals surface area contributed by atoms with Gasteiger partial charge in [0.25, 0.3) is 0 Å². The third-order valence-corrected chi connectivity index (χ3v) is 15.2. The molecule has 0 saturated carbocycles. The van der Waals surface area contributed by atoms with E-state index < -0.39 is 12.1 Å². The van der Waals surface area contributed by atoms with Crippen molar-refractivity contribution in [2.24, 2.45) is 0 Å². The molecule has 1 aromatic carbocycles. The van der Waals surface area contributed by atoms with Crippen LogP contribution in [0.15, 0.2) is 30.3 Å². The van der Waals surface area contributed by atoms with Gasteiger partial charge in [0.15, 0.2) is 0 Å². The first-order valence-corrected chi connectivity index (χ1v) is 43.6. The smallest absolute Gasteiger partial charge is 0.407 e. The number of carboxylic acid groups (broad SMARTS) is 1. The van der Waals surface area contributed by atoms with E-state index in [4.69, 9.17) is 180 Å². The number of amides is 1. The first-order valence-electron chi connectivity index (χ1n) is 43.6. The van der Waals surface area contributed by atoms with Crippen molar-refractivity contribution < 1.29 is 190 Å². The molecule has 0 radical (unpaired) electrons. The van der Waals surface area contributed by atoms with E-state index in [0.717, 1.165) is 5.56 Å². The van der Waals surface area contributed by atoms with Crippen LogP contribution >= 0.6 is 0 Å². The average Bonchev–Trinajstić information content (AvgIpc) is 0.952. The zero-order valence-corrected chi connectivity index (χ0v) is 74.3. The van der Waals surface area contributed by atoms with E-state index in [1.165, 1.54) is 0 Å². The van der Waals surface area contributed by atoms with Gasteiger partial charge in [-0.1, -0.05) is 30.3 Å². The molecule has 0 aromatic heterocycles. The summed E-state index contributed by atoms with van der Waals surface area (Å²) in [5.41, 5.74) is 0.929. The molecule has 0 aliphatic heterocycles. The molecule has 0 aliphatic rings. The Morgan fingerprint density at radius 2 is 0.298 bits per heavy atom. The van der Waals surface area contributed by atoms with Crippen molar-refractivity contribution >= 4 is 12.1 Å². The van der Waals surface area contributed by atoms with E-state index in [1.54, 1.807) is 0 Å². The second-order valence-corrected chi connectivity index (χ2v) is 25.2. The monoisotopic (exact) mass is 1810 g/mol. The lowest BCUT2D eigenvalue weighted by Crippen LogP contribution is -2.28. The van der Waals surface area contributed by atoms with Gasteiger partial charge in [0, 0.05) is 6.54 Å². The summed E-state index contributed by atoms with van der Waals surface area (Å²) >= 11 is 0. The SMILES string of the molecule is O=C(O)CCOCCOCCOCCOCCOCCOCCOCCOCCOCCOCCOCCOCCOCCOCCOCCOCCOCCOCCOCCOCCOCCOCCOCCOCCOCCOCCOCCOCCOCCOCCOCCOCCOCCOCCOCCOCCNC(=O)OCc1ccccc1. The second-order valence-electron chi connectivity index (χ2n) is 25.2. The van der Waals surface area contributed by atoms with Gasteiger partial charge in [-0.3, -0.25) is 4.79 Å². The Bertz CT molecular complexity index is 2100. The average molecular weight is 1810 g/mol. The number of ether oxygens (including phenoxy) is 37. The number of carboxylic acids is 1. The lowest BCUT2D eigenvalue weighted by atomic mass is 10.2. The minimum Gasteiger partial charge on any atom is -0.481 e. The molecule has 41 nitrogen and oxygen atoms in total. The fourth-order valence-corrected chi connectivity index (χ4v) is 8.96. The maximum absolute atomic E-state index is 11.7. The number of alkyl carbamates (subject to hydrolysis) is 1. The highest BCUT2D eigenvalue weighted by atomic mass is 16.6. The standard InChI is InChI=1S/C83H157NO40/c85-82(86)6-8-88-10-12-90-14-16-92-18-20-94-22-24-96-26-28-98-30-32-100-34-36-102-38-40-104-42-44-106-46-48-108-50-52-110-54-56-112-58-60-114-62-64-116-66-68-118-70-72-120-74-76-122-78-79-123-77-75-121-73-71-119-69-67-117-65-63-115-61-59-113-57-55-111-53-51-109-49-47-107-45-43-105-41-39-103-37-35-101-33-31-99-29-27-97-25-23-95-21-19-93-17-15-91-13-11-89-9-7-84-83(87)124-80-81-4-2-1-3-5-81/h1-5H,6-80H2,(H,84,87)(H,85,86). The first-order chi connectivity index (χ1) is 61.7. The second kappa shape index (κ2) is 110. The molecular formula is C83H157NO40. The minimum atomic E-state index is -0.882. The summed E-state index contributed by atoms with van der Waals surface area (Å²) < 4.78 is 203. The molecule has 0 fully saturated rings. The molecule has 0 saturated heterocycles. The Balaban J connectivity index is 1.58. The predicted molar refractivity (Wildman–Crippen MR) is 446 cm³/mol. The molecule has 0 heterocycles. The van der Waals surface area contributed by atoms with Crippen molar-refractivity contribution in [3.63, 3.8) is 0 Å². The van der Waals surface area contributed by atoms with Crippen molar-refractivity contribution in [1.29, 1.82) is 0 Å². The van der Waals surface area contributed by atoms with Gasteiger partial charge in [-0.25, -0.2) is 4.79 Å². The van der Waals surface area contributed by atoms with Crippen LogP contribution in [0.3, 0.4) is 0 Å². The van der Waals surface area contributed by atoms with Crippen LogP contribution in [0.25, 0.3) is 0 Å². The van der Waals surface area contributed by atoms with E-state index >= 15 is 0 Å². The fraction of sp³-hybridized carbons (Fsp3) is 0.904. The molecule has 1 aromatic rings. The maximum atomic E-state index is 11.7. The highest BCUT2D eigenvalue weighted by Crippen LogP contribution is 2.01. The van der Waals surface area contributed by atoms with E-state index in [9.17, 15) is 9.59 Å². The van der Waals surface area contributed by atoms with Crippen LogP contribution in [0, 0.1) is 0 Å². The summed E-state index contributed by atoms with van der Waals surface area (Å²) in [6.07, 6.45) is -0.491. The van der Waals surface area contributed by atoms with Crippen molar-refractivity contribution in [3.05, 3.63) is 35.9 Å². The molecule has 734 valence electrons. The van der Waals surface area contributed by atoms with Gasteiger partial charge in [0.05, 0.1) is 482 Å². The Kier molecular flexibility index (Phi) is 105. The Hall–Kier alpha value is -3.48. The highest BCUT2D eigenvalue weighted by Gasteiger charge is 2.07. The van der Waals surface area contributed by atoms with Crippen molar-refractivity contribution in [1.82, 2.24) is 5.32 Å². The summed E-state index contributed by atoms with van der Waals surface area (Å²) in [5.74, 6) is -0.882. The van der Waals surface area contributed by atoms with Crippen molar-refractivity contribution in [3.8, 4) is 0 Å². The largest absolute Gasteiger partial charge is 0.481 e. The number of rotatable bonds is 113. The highest BCUT2D eigenvalue weighted by molar-refractivity contribution is 5.67. The van der Waals surface area contributed by atoms with Gasteiger partial charge >= 0.3 is 12.1 Å². The lowest BCUT2D eigenvalue weighted by molar-refractivity contribution is -0.138.